The van der Waals surface area contributed by atoms with Crippen LogP contribution in [0.1, 0.15) is 17.1 Å². The minimum atomic E-state index is -3.51. The highest BCUT2D eigenvalue weighted by Gasteiger charge is 2.20. The molecule has 0 saturated heterocycles. The first-order valence-corrected chi connectivity index (χ1v) is 8.70. The van der Waals surface area contributed by atoms with Crippen molar-refractivity contribution in [1.82, 2.24) is 10.0 Å². The Labute approximate surface area is 123 Å². The van der Waals surface area contributed by atoms with Gasteiger partial charge in [-0.2, -0.15) is 11.3 Å². The van der Waals surface area contributed by atoms with Crippen molar-refractivity contribution in [2.45, 2.75) is 24.8 Å². The van der Waals surface area contributed by atoms with Crippen molar-refractivity contribution >= 4 is 21.4 Å². The average molecular weight is 314 g/mol. The van der Waals surface area contributed by atoms with Crippen LogP contribution in [-0.4, -0.2) is 22.0 Å². The Balaban J connectivity index is 2.02. The lowest BCUT2D eigenvalue weighted by Crippen LogP contribution is -2.26. The summed E-state index contributed by atoms with van der Waals surface area (Å²) in [5.74, 6) is 1.03. The van der Waals surface area contributed by atoms with Gasteiger partial charge >= 0.3 is 0 Å². The highest BCUT2D eigenvalue weighted by molar-refractivity contribution is 7.89. The Hall–Kier alpha value is -1.15. The zero-order valence-corrected chi connectivity index (χ0v) is 13.1. The van der Waals surface area contributed by atoms with E-state index >= 15 is 0 Å². The second-order valence-corrected chi connectivity index (χ2v) is 6.96. The van der Waals surface area contributed by atoms with E-state index in [-0.39, 0.29) is 4.90 Å². The molecule has 0 unspecified atom stereocenters. The van der Waals surface area contributed by atoms with Gasteiger partial charge in [-0.25, -0.2) is 13.1 Å². The summed E-state index contributed by atoms with van der Waals surface area (Å²) in [5.41, 5.74) is 1.14. The summed E-state index contributed by atoms with van der Waals surface area (Å²) >= 11 is 1.61. The predicted molar refractivity (Wildman–Crippen MR) is 79.4 cm³/mol. The summed E-state index contributed by atoms with van der Waals surface area (Å²) in [6.07, 6.45) is 0.684. The van der Waals surface area contributed by atoms with E-state index in [0.29, 0.717) is 31.0 Å². The number of hydrogen-bond donors (Lipinski definition) is 2. The summed E-state index contributed by atoms with van der Waals surface area (Å²) in [7, 11) is -1.73. The van der Waals surface area contributed by atoms with Gasteiger partial charge in [0.05, 0.1) is 6.54 Å². The molecule has 2 aromatic heterocycles. The first kappa shape index (κ1) is 15.2. The van der Waals surface area contributed by atoms with Crippen LogP contribution >= 0.6 is 11.3 Å². The molecule has 7 heteroatoms. The lowest BCUT2D eigenvalue weighted by molar-refractivity contribution is 0.465. The van der Waals surface area contributed by atoms with Crippen LogP contribution in [0.4, 0.5) is 0 Å². The van der Waals surface area contributed by atoms with Crippen LogP contribution in [0.25, 0.3) is 0 Å². The third kappa shape index (κ3) is 3.69. The molecule has 0 atom stereocenters. The molecule has 0 aliphatic heterocycles. The molecule has 0 aromatic carbocycles. The monoisotopic (exact) mass is 314 g/mol. The predicted octanol–water partition coefficient (Wildman–Crippen LogP) is 1.89. The van der Waals surface area contributed by atoms with Crippen molar-refractivity contribution in [3.63, 3.8) is 0 Å². The van der Waals surface area contributed by atoms with Crippen molar-refractivity contribution in [1.29, 1.82) is 0 Å². The largest absolute Gasteiger partial charge is 0.464 e. The molecule has 0 saturated carbocycles. The van der Waals surface area contributed by atoms with Crippen LogP contribution < -0.4 is 10.0 Å². The maximum Gasteiger partial charge on any atom is 0.244 e. The Bertz CT molecular complexity index is 645. The normalized spacial score (nSPS) is 11.9. The van der Waals surface area contributed by atoms with E-state index in [1.807, 2.05) is 16.8 Å². The summed E-state index contributed by atoms with van der Waals surface area (Å²) < 4.78 is 32.4. The molecule has 2 heterocycles. The molecule has 0 radical (unpaired) electrons. The van der Waals surface area contributed by atoms with Gasteiger partial charge < -0.3 is 9.73 Å². The van der Waals surface area contributed by atoms with Gasteiger partial charge in [0.2, 0.25) is 10.0 Å². The SMILES string of the molecule is CNCc1cc(S(=O)(=O)NCCc2ccsc2)c(C)o1. The number of rotatable bonds is 7. The fraction of sp³-hybridized carbons (Fsp3) is 0.385. The molecule has 20 heavy (non-hydrogen) atoms. The lowest BCUT2D eigenvalue weighted by atomic mass is 10.2. The van der Waals surface area contributed by atoms with Crippen molar-refractivity contribution in [3.8, 4) is 0 Å². The fourth-order valence-electron chi connectivity index (χ4n) is 1.89. The van der Waals surface area contributed by atoms with Crippen molar-refractivity contribution in [2.24, 2.45) is 0 Å². The second kappa shape index (κ2) is 6.53. The minimum absolute atomic E-state index is 0.216. The molecule has 0 spiro atoms. The van der Waals surface area contributed by atoms with Gasteiger partial charge in [-0.3, -0.25) is 0 Å². The van der Waals surface area contributed by atoms with E-state index in [4.69, 9.17) is 4.42 Å². The summed E-state index contributed by atoms with van der Waals surface area (Å²) in [6, 6.07) is 3.56. The van der Waals surface area contributed by atoms with Crippen LogP contribution in [0, 0.1) is 6.92 Å². The maximum absolute atomic E-state index is 12.2. The molecule has 2 N–H and O–H groups in total. The summed E-state index contributed by atoms with van der Waals surface area (Å²) in [4.78, 5) is 0.216. The summed E-state index contributed by atoms with van der Waals surface area (Å²) in [6.45, 7) is 2.54. The Morgan fingerprint density at radius 3 is 2.85 bits per heavy atom. The highest BCUT2D eigenvalue weighted by Crippen LogP contribution is 2.19. The molecule has 0 amide bonds. The minimum Gasteiger partial charge on any atom is -0.464 e. The average Bonchev–Trinajstić information content (AvgIpc) is 2.99. The smallest absolute Gasteiger partial charge is 0.244 e. The highest BCUT2D eigenvalue weighted by atomic mass is 32.2. The Morgan fingerprint density at radius 2 is 2.20 bits per heavy atom. The van der Waals surface area contributed by atoms with Gasteiger partial charge in [-0.1, -0.05) is 0 Å². The van der Waals surface area contributed by atoms with Crippen LogP contribution in [0.5, 0.6) is 0 Å². The molecule has 2 aromatic rings. The molecular weight excluding hydrogens is 296 g/mol. The third-order valence-corrected chi connectivity index (χ3v) is 5.15. The number of thiophene rings is 1. The van der Waals surface area contributed by atoms with Crippen LogP contribution in [-0.2, 0) is 23.0 Å². The van der Waals surface area contributed by atoms with E-state index in [1.54, 1.807) is 31.4 Å². The molecule has 5 nitrogen and oxygen atoms in total. The Morgan fingerprint density at radius 1 is 1.40 bits per heavy atom. The summed E-state index contributed by atoms with van der Waals surface area (Å²) in [5, 5.41) is 6.93. The Kier molecular flexibility index (Phi) is 4.98. The van der Waals surface area contributed by atoms with Crippen LogP contribution in [0.15, 0.2) is 32.2 Å². The van der Waals surface area contributed by atoms with E-state index < -0.39 is 10.0 Å². The van der Waals surface area contributed by atoms with Crippen LogP contribution in [0.3, 0.4) is 0 Å². The molecule has 0 bridgehead atoms. The zero-order chi connectivity index (χ0) is 14.6. The number of hydrogen-bond acceptors (Lipinski definition) is 5. The number of furan rings is 1. The van der Waals surface area contributed by atoms with E-state index in [9.17, 15) is 8.42 Å². The molecular formula is C13H18N2O3S2. The first-order chi connectivity index (χ1) is 9.53. The standard InChI is InChI=1S/C13H18N2O3S2/c1-10-13(7-12(18-10)8-14-2)20(16,17)15-5-3-11-4-6-19-9-11/h4,6-7,9,14-15H,3,5,8H2,1-2H3. The van der Waals surface area contributed by atoms with Gasteiger partial charge in [-0.05, 0) is 42.8 Å². The van der Waals surface area contributed by atoms with Crippen LogP contribution in [0.2, 0.25) is 0 Å². The van der Waals surface area contributed by atoms with Gasteiger partial charge in [0.25, 0.3) is 0 Å². The second-order valence-electron chi connectivity index (χ2n) is 4.44. The first-order valence-electron chi connectivity index (χ1n) is 6.27. The van der Waals surface area contributed by atoms with E-state index in [2.05, 4.69) is 10.0 Å². The van der Waals surface area contributed by atoms with Crippen molar-refractivity contribution < 1.29 is 12.8 Å². The topological polar surface area (TPSA) is 71.3 Å². The van der Waals surface area contributed by atoms with Gasteiger partial charge in [-0.15, -0.1) is 0 Å². The molecule has 110 valence electrons. The quantitative estimate of drug-likeness (QED) is 0.819. The van der Waals surface area contributed by atoms with E-state index in [1.165, 1.54) is 0 Å². The van der Waals surface area contributed by atoms with E-state index in [0.717, 1.165) is 5.56 Å². The lowest BCUT2D eigenvalue weighted by Gasteiger charge is -2.04. The number of aryl methyl sites for hydroxylation is 1. The van der Waals surface area contributed by atoms with Gasteiger partial charge in [0.1, 0.15) is 16.4 Å². The van der Waals surface area contributed by atoms with Gasteiger partial charge in [0, 0.05) is 12.6 Å². The molecule has 0 fully saturated rings. The molecule has 0 aliphatic rings. The molecule has 0 aliphatic carbocycles. The third-order valence-electron chi connectivity index (χ3n) is 2.85. The maximum atomic E-state index is 12.2. The fourth-order valence-corrected chi connectivity index (χ4v) is 3.83. The van der Waals surface area contributed by atoms with Gasteiger partial charge in [0.15, 0.2) is 0 Å². The van der Waals surface area contributed by atoms with Crippen molar-refractivity contribution in [2.75, 3.05) is 13.6 Å². The molecule has 2 rings (SSSR count). The number of nitrogens with one attached hydrogen (secondary N) is 2. The zero-order valence-electron chi connectivity index (χ0n) is 11.5. The number of sulfonamides is 1. The van der Waals surface area contributed by atoms with Crippen molar-refractivity contribution in [3.05, 3.63) is 40.0 Å².